The first-order valence-corrected chi connectivity index (χ1v) is 12.6. The van der Waals surface area contributed by atoms with Gasteiger partial charge in [-0.25, -0.2) is 23.4 Å². The van der Waals surface area contributed by atoms with Crippen LogP contribution in [0, 0.1) is 0 Å². The van der Waals surface area contributed by atoms with Crippen LogP contribution in [-0.4, -0.2) is 49.6 Å². The van der Waals surface area contributed by atoms with E-state index in [0.717, 1.165) is 53.0 Å². The Morgan fingerprint density at radius 1 is 1.11 bits per heavy atom. The number of carbonyl (C=O) groups is 2. The van der Waals surface area contributed by atoms with Crippen LogP contribution in [0.4, 0.5) is 30.6 Å². The number of urea groups is 1. The first-order valence-electron chi connectivity index (χ1n) is 12.6. The molecule has 198 valence electrons. The number of aromatic nitrogens is 1. The highest BCUT2D eigenvalue weighted by Gasteiger charge is 2.31. The molecule has 1 aromatic heterocycles. The van der Waals surface area contributed by atoms with Crippen molar-refractivity contribution in [1.82, 2.24) is 9.88 Å². The molecule has 0 spiro atoms. The lowest BCUT2D eigenvalue weighted by molar-refractivity contribution is 0.0594. The van der Waals surface area contributed by atoms with Crippen molar-refractivity contribution in [3.63, 3.8) is 0 Å². The van der Waals surface area contributed by atoms with Crippen LogP contribution in [0.15, 0.2) is 42.6 Å². The normalized spacial score (nSPS) is 15.0. The largest absolute Gasteiger partial charge is 0.464 e. The summed E-state index contributed by atoms with van der Waals surface area (Å²) in [6.07, 6.45) is 1.13. The third kappa shape index (κ3) is 4.36. The molecule has 38 heavy (non-hydrogen) atoms. The monoisotopic (exact) mass is 520 g/mol. The molecule has 0 N–H and O–H groups in total. The molecule has 0 radical (unpaired) electrons. The quantitative estimate of drug-likeness (QED) is 0.379. The molecule has 3 aromatic rings. The maximum absolute atomic E-state index is 14.4. The van der Waals surface area contributed by atoms with E-state index in [1.54, 1.807) is 36.0 Å². The Bertz CT molecular complexity index is 1410. The molecule has 5 rings (SSSR count). The molecule has 2 aliphatic rings. The SMILES string of the molecule is CCc1cc2c(c(N3CCCc4cc(-c5ccc(C(=O)OC)nc5)c(C(F)F)cc43)c1)CN(C)C(=O)N2C. The second-order valence-electron chi connectivity index (χ2n) is 9.71. The number of halogens is 2. The molecule has 9 heteroatoms. The number of esters is 1. The Kier molecular flexibility index (Phi) is 6.77. The minimum absolute atomic E-state index is 0.0767. The number of anilines is 3. The highest BCUT2D eigenvalue weighted by molar-refractivity contribution is 5.96. The van der Waals surface area contributed by atoms with E-state index in [1.807, 2.05) is 12.1 Å². The van der Waals surface area contributed by atoms with Crippen LogP contribution in [-0.2, 0) is 24.1 Å². The Morgan fingerprint density at radius 3 is 2.53 bits per heavy atom. The predicted molar refractivity (Wildman–Crippen MR) is 142 cm³/mol. The summed E-state index contributed by atoms with van der Waals surface area (Å²) in [5.74, 6) is -0.581. The van der Waals surface area contributed by atoms with E-state index in [-0.39, 0.29) is 17.3 Å². The Balaban J connectivity index is 1.64. The van der Waals surface area contributed by atoms with Crippen molar-refractivity contribution in [3.05, 3.63) is 70.5 Å². The van der Waals surface area contributed by atoms with E-state index in [0.29, 0.717) is 24.2 Å². The van der Waals surface area contributed by atoms with Gasteiger partial charge in [0.15, 0.2) is 0 Å². The first-order chi connectivity index (χ1) is 18.2. The fourth-order valence-corrected chi connectivity index (χ4v) is 5.38. The number of carbonyl (C=O) groups excluding carboxylic acids is 2. The van der Waals surface area contributed by atoms with Gasteiger partial charge < -0.3 is 14.5 Å². The molecule has 0 aliphatic carbocycles. The van der Waals surface area contributed by atoms with Crippen molar-refractivity contribution >= 4 is 29.1 Å². The fraction of sp³-hybridized carbons (Fsp3) is 0.345. The van der Waals surface area contributed by atoms with Crippen molar-refractivity contribution in [3.8, 4) is 11.1 Å². The first kappa shape index (κ1) is 25.6. The van der Waals surface area contributed by atoms with Crippen LogP contribution in [0.2, 0.25) is 0 Å². The van der Waals surface area contributed by atoms with Gasteiger partial charge in [0.05, 0.1) is 19.3 Å². The molecular formula is C29H30F2N4O3. The van der Waals surface area contributed by atoms with Crippen LogP contribution in [0.3, 0.4) is 0 Å². The van der Waals surface area contributed by atoms with Gasteiger partial charge >= 0.3 is 12.0 Å². The van der Waals surface area contributed by atoms with E-state index >= 15 is 0 Å². The maximum atomic E-state index is 14.4. The fourth-order valence-electron chi connectivity index (χ4n) is 5.38. The highest BCUT2D eigenvalue weighted by atomic mass is 19.3. The van der Waals surface area contributed by atoms with Crippen molar-refractivity contribution in [1.29, 1.82) is 0 Å². The van der Waals surface area contributed by atoms with Gasteiger partial charge in [-0.1, -0.05) is 13.0 Å². The number of ether oxygens (including phenoxy) is 1. The van der Waals surface area contributed by atoms with Gasteiger partial charge in [-0.3, -0.25) is 4.90 Å². The number of fused-ring (bicyclic) bond motifs is 2. The summed E-state index contributed by atoms with van der Waals surface area (Å²) in [4.78, 5) is 34.0. The van der Waals surface area contributed by atoms with Crippen molar-refractivity contribution in [2.45, 2.75) is 39.2 Å². The van der Waals surface area contributed by atoms with E-state index < -0.39 is 12.4 Å². The number of methoxy groups -OCH3 is 1. The van der Waals surface area contributed by atoms with E-state index in [9.17, 15) is 18.4 Å². The molecule has 7 nitrogen and oxygen atoms in total. The maximum Gasteiger partial charge on any atom is 0.356 e. The molecule has 2 amide bonds. The van der Waals surface area contributed by atoms with Crippen molar-refractivity contribution < 1.29 is 23.1 Å². The van der Waals surface area contributed by atoms with Crippen LogP contribution in [0.5, 0.6) is 0 Å². The third-order valence-corrected chi connectivity index (χ3v) is 7.41. The van der Waals surface area contributed by atoms with Crippen LogP contribution in [0.25, 0.3) is 11.1 Å². The number of pyridine rings is 1. The molecule has 2 aliphatic heterocycles. The van der Waals surface area contributed by atoms with Crippen molar-refractivity contribution in [2.75, 3.05) is 37.5 Å². The average Bonchev–Trinajstić information content (AvgIpc) is 2.94. The van der Waals surface area contributed by atoms with Gasteiger partial charge in [0, 0.05) is 54.9 Å². The van der Waals surface area contributed by atoms with Crippen LogP contribution < -0.4 is 9.80 Å². The minimum atomic E-state index is -2.70. The number of hydrogen-bond donors (Lipinski definition) is 0. The molecule has 0 fully saturated rings. The smallest absolute Gasteiger partial charge is 0.356 e. The molecule has 2 aromatic carbocycles. The number of alkyl halides is 2. The average molecular weight is 521 g/mol. The van der Waals surface area contributed by atoms with Gasteiger partial charge in [0.2, 0.25) is 0 Å². The number of aryl methyl sites for hydroxylation is 2. The summed E-state index contributed by atoms with van der Waals surface area (Å²) in [6.45, 7) is 3.19. The number of amides is 2. The Morgan fingerprint density at radius 2 is 1.87 bits per heavy atom. The van der Waals surface area contributed by atoms with E-state index in [4.69, 9.17) is 4.74 Å². The Labute approximate surface area is 220 Å². The molecule has 0 saturated carbocycles. The molecule has 3 heterocycles. The summed E-state index contributed by atoms with van der Waals surface area (Å²) in [5, 5.41) is 0. The molecule has 0 saturated heterocycles. The lowest BCUT2D eigenvalue weighted by atomic mass is 9.91. The van der Waals surface area contributed by atoms with Gasteiger partial charge in [-0.15, -0.1) is 0 Å². The summed E-state index contributed by atoms with van der Waals surface area (Å²) in [7, 11) is 4.80. The van der Waals surface area contributed by atoms with E-state index in [2.05, 4.69) is 22.9 Å². The highest BCUT2D eigenvalue weighted by Crippen LogP contribution is 2.45. The third-order valence-electron chi connectivity index (χ3n) is 7.41. The second kappa shape index (κ2) is 10.0. The second-order valence-corrected chi connectivity index (χ2v) is 9.71. The predicted octanol–water partition coefficient (Wildman–Crippen LogP) is 6.12. The number of rotatable bonds is 5. The van der Waals surface area contributed by atoms with Gasteiger partial charge in [0.1, 0.15) is 5.69 Å². The number of benzene rings is 2. The zero-order valence-electron chi connectivity index (χ0n) is 21.9. The van der Waals surface area contributed by atoms with Gasteiger partial charge in [-0.2, -0.15) is 0 Å². The summed E-state index contributed by atoms with van der Waals surface area (Å²) in [5.41, 5.74) is 6.56. The van der Waals surface area contributed by atoms with Crippen molar-refractivity contribution in [2.24, 2.45) is 0 Å². The molecule has 0 unspecified atom stereocenters. The molecular weight excluding hydrogens is 490 g/mol. The standard InChI is InChI=1S/C29H30F2N4O3/c1-5-17-11-25-22(16-33(2)29(37)34(25)3)26(12-17)35-10-6-7-18-13-20(21(27(30)31)14-24(18)35)19-8-9-23(32-15-19)28(36)38-4/h8-9,11-15,27H,5-7,10,16H2,1-4H3. The Hall–Kier alpha value is -4.01. The lowest BCUT2D eigenvalue weighted by Gasteiger charge is -2.39. The molecule has 0 bridgehead atoms. The zero-order chi connectivity index (χ0) is 27.1. The summed E-state index contributed by atoms with van der Waals surface area (Å²) < 4.78 is 33.6. The topological polar surface area (TPSA) is 66.0 Å². The van der Waals surface area contributed by atoms with Crippen LogP contribution >= 0.6 is 0 Å². The summed E-state index contributed by atoms with van der Waals surface area (Å²) >= 11 is 0. The van der Waals surface area contributed by atoms with E-state index in [1.165, 1.54) is 19.4 Å². The minimum Gasteiger partial charge on any atom is -0.464 e. The molecule has 0 atom stereocenters. The van der Waals surface area contributed by atoms with Gasteiger partial charge in [-0.05, 0) is 66.3 Å². The van der Waals surface area contributed by atoms with Crippen LogP contribution in [0.1, 0.15) is 52.5 Å². The summed E-state index contributed by atoms with van der Waals surface area (Å²) in [6, 6.07) is 10.6. The van der Waals surface area contributed by atoms with Gasteiger partial charge in [0.25, 0.3) is 6.43 Å². The zero-order valence-corrected chi connectivity index (χ0v) is 21.9. The number of hydrogen-bond acceptors (Lipinski definition) is 5. The lowest BCUT2D eigenvalue weighted by Crippen LogP contribution is -2.43. The number of nitrogens with zero attached hydrogens (tertiary/aromatic N) is 4.